The zero-order valence-electron chi connectivity index (χ0n) is 11.7. The van der Waals surface area contributed by atoms with Crippen LogP contribution in [-0.2, 0) is 11.3 Å². The minimum atomic E-state index is -1.05. The fraction of sp³-hybridized carbons (Fsp3) is 0.400. The number of nitrogens with one attached hydrogen (secondary N) is 1. The van der Waals surface area contributed by atoms with E-state index in [0.29, 0.717) is 11.6 Å². The molecule has 108 valence electrons. The number of hydrogen-bond donors (Lipinski definition) is 2. The van der Waals surface area contributed by atoms with Gasteiger partial charge in [0.25, 0.3) is 0 Å². The molecule has 1 heterocycles. The van der Waals surface area contributed by atoms with Crippen molar-refractivity contribution in [2.24, 2.45) is 0 Å². The van der Waals surface area contributed by atoms with Crippen molar-refractivity contribution < 1.29 is 19.1 Å². The number of rotatable bonds is 7. The highest BCUT2D eigenvalue weighted by molar-refractivity contribution is 5.91. The van der Waals surface area contributed by atoms with E-state index >= 15 is 0 Å². The van der Waals surface area contributed by atoms with Crippen molar-refractivity contribution in [2.75, 3.05) is 13.7 Å². The van der Waals surface area contributed by atoms with E-state index in [1.54, 1.807) is 19.2 Å². The minimum absolute atomic E-state index is 0.0291. The second kappa shape index (κ2) is 6.54. The van der Waals surface area contributed by atoms with E-state index in [1.807, 2.05) is 12.1 Å². The summed E-state index contributed by atoms with van der Waals surface area (Å²) < 4.78 is 10.3. The maximum absolute atomic E-state index is 10.9. The number of carbonyl (C=O) groups is 1. The van der Waals surface area contributed by atoms with Crippen LogP contribution in [0.15, 0.2) is 28.7 Å². The van der Waals surface area contributed by atoms with Crippen LogP contribution in [-0.4, -0.2) is 30.8 Å². The molecule has 1 atom stereocenters. The third kappa shape index (κ3) is 3.59. The third-order valence-corrected chi connectivity index (χ3v) is 3.20. The largest absolute Gasteiger partial charge is 0.475 e. The second-order valence-corrected chi connectivity index (χ2v) is 4.85. The van der Waals surface area contributed by atoms with Gasteiger partial charge in [-0.2, -0.15) is 0 Å². The normalized spacial score (nSPS) is 12.7. The van der Waals surface area contributed by atoms with Crippen molar-refractivity contribution in [3.8, 4) is 0 Å². The van der Waals surface area contributed by atoms with E-state index in [0.717, 1.165) is 30.5 Å². The first-order valence-electron chi connectivity index (χ1n) is 6.58. The summed E-state index contributed by atoms with van der Waals surface area (Å²) in [6, 6.07) is 7.60. The molecule has 0 amide bonds. The summed E-state index contributed by atoms with van der Waals surface area (Å²) in [6.07, 6.45) is 0.952. The Hall–Kier alpha value is -1.85. The highest BCUT2D eigenvalue weighted by Crippen LogP contribution is 2.21. The molecule has 2 N–H and O–H groups in total. The van der Waals surface area contributed by atoms with E-state index in [-0.39, 0.29) is 5.76 Å². The number of fused-ring (bicyclic) bond motifs is 1. The minimum Gasteiger partial charge on any atom is -0.475 e. The van der Waals surface area contributed by atoms with Crippen molar-refractivity contribution in [3.05, 3.63) is 35.6 Å². The monoisotopic (exact) mass is 277 g/mol. The van der Waals surface area contributed by atoms with Crippen LogP contribution in [0.5, 0.6) is 0 Å². The summed E-state index contributed by atoms with van der Waals surface area (Å²) >= 11 is 0. The molecule has 0 saturated heterocycles. The van der Waals surface area contributed by atoms with Crippen LogP contribution in [0, 0.1) is 0 Å². The number of furan rings is 1. The average Bonchev–Trinajstić information content (AvgIpc) is 2.86. The highest BCUT2D eigenvalue weighted by atomic mass is 16.5. The molecule has 1 unspecified atom stereocenters. The van der Waals surface area contributed by atoms with Gasteiger partial charge >= 0.3 is 5.97 Å². The topological polar surface area (TPSA) is 71.7 Å². The first-order valence-corrected chi connectivity index (χ1v) is 6.58. The van der Waals surface area contributed by atoms with Crippen LogP contribution in [0.2, 0.25) is 0 Å². The summed E-state index contributed by atoms with van der Waals surface area (Å²) in [5.74, 6) is -1.08. The van der Waals surface area contributed by atoms with Crippen LogP contribution in [0.25, 0.3) is 11.0 Å². The Morgan fingerprint density at radius 2 is 2.25 bits per heavy atom. The maximum Gasteiger partial charge on any atom is 0.371 e. The Balaban J connectivity index is 2.02. The zero-order valence-corrected chi connectivity index (χ0v) is 11.7. The molecule has 0 bridgehead atoms. The molecular weight excluding hydrogens is 258 g/mol. The molecule has 2 aromatic rings. The summed E-state index contributed by atoms with van der Waals surface area (Å²) in [5.41, 5.74) is 1.69. The van der Waals surface area contributed by atoms with Gasteiger partial charge in [-0.05, 0) is 37.1 Å². The molecule has 2 rings (SSSR count). The molecule has 0 aliphatic heterocycles. The number of methoxy groups -OCH3 is 1. The molecule has 0 saturated carbocycles. The number of benzene rings is 1. The van der Waals surface area contributed by atoms with Gasteiger partial charge in [-0.3, -0.25) is 0 Å². The average molecular weight is 277 g/mol. The van der Waals surface area contributed by atoms with E-state index < -0.39 is 5.97 Å². The van der Waals surface area contributed by atoms with Gasteiger partial charge in [0.1, 0.15) is 5.58 Å². The smallest absolute Gasteiger partial charge is 0.371 e. The van der Waals surface area contributed by atoms with Crippen molar-refractivity contribution >= 4 is 16.9 Å². The molecule has 20 heavy (non-hydrogen) atoms. The van der Waals surface area contributed by atoms with Crippen LogP contribution in [0.4, 0.5) is 0 Å². The van der Waals surface area contributed by atoms with Gasteiger partial charge in [0.15, 0.2) is 0 Å². The first-order chi connectivity index (χ1) is 9.60. The van der Waals surface area contributed by atoms with Crippen LogP contribution in [0.1, 0.15) is 29.5 Å². The van der Waals surface area contributed by atoms with Crippen LogP contribution < -0.4 is 5.32 Å². The maximum atomic E-state index is 10.9. The summed E-state index contributed by atoms with van der Waals surface area (Å²) in [5, 5.41) is 13.1. The molecule has 1 aromatic carbocycles. The number of aromatic carboxylic acids is 1. The van der Waals surface area contributed by atoms with E-state index in [1.165, 1.54) is 0 Å². The van der Waals surface area contributed by atoms with Gasteiger partial charge in [-0.25, -0.2) is 4.79 Å². The molecule has 0 aliphatic rings. The van der Waals surface area contributed by atoms with E-state index in [9.17, 15) is 4.79 Å². The summed E-state index contributed by atoms with van der Waals surface area (Å²) in [4.78, 5) is 10.9. The lowest BCUT2D eigenvalue weighted by atomic mass is 10.1. The van der Waals surface area contributed by atoms with Gasteiger partial charge < -0.3 is 19.6 Å². The number of carboxylic acids is 1. The Labute approximate surface area is 117 Å². The molecule has 5 nitrogen and oxygen atoms in total. The summed E-state index contributed by atoms with van der Waals surface area (Å²) in [6.45, 7) is 3.57. The lowest BCUT2D eigenvalue weighted by Gasteiger charge is -2.13. The summed E-state index contributed by atoms with van der Waals surface area (Å²) in [7, 11) is 1.69. The van der Waals surface area contributed by atoms with Crippen molar-refractivity contribution in [1.29, 1.82) is 0 Å². The van der Waals surface area contributed by atoms with Gasteiger partial charge in [0.2, 0.25) is 5.76 Å². The van der Waals surface area contributed by atoms with Gasteiger partial charge in [0, 0.05) is 31.7 Å². The zero-order chi connectivity index (χ0) is 14.5. The molecular formula is C15H19NO4. The van der Waals surface area contributed by atoms with Gasteiger partial charge in [-0.15, -0.1) is 0 Å². The molecule has 0 fully saturated rings. The van der Waals surface area contributed by atoms with Gasteiger partial charge in [0.05, 0.1) is 0 Å². The molecule has 0 radical (unpaired) electrons. The van der Waals surface area contributed by atoms with Gasteiger partial charge in [-0.1, -0.05) is 6.07 Å². The fourth-order valence-electron chi connectivity index (χ4n) is 2.00. The lowest BCUT2D eigenvalue weighted by Crippen LogP contribution is -2.26. The first kappa shape index (κ1) is 14.6. The van der Waals surface area contributed by atoms with E-state index in [4.69, 9.17) is 14.3 Å². The number of carboxylic acid groups (broad SMARTS) is 1. The standard InChI is InChI=1S/C15H19NO4/c1-10(5-6-19-2)16-9-11-3-4-13-12(7-11)8-14(20-13)15(17)18/h3-4,7-8,10,16H,5-6,9H2,1-2H3,(H,17,18). The van der Waals surface area contributed by atoms with Crippen molar-refractivity contribution in [2.45, 2.75) is 25.9 Å². The molecule has 0 spiro atoms. The van der Waals surface area contributed by atoms with Crippen LogP contribution >= 0.6 is 0 Å². The fourth-order valence-corrected chi connectivity index (χ4v) is 2.00. The predicted octanol–water partition coefficient (Wildman–Crippen LogP) is 2.65. The molecule has 5 heteroatoms. The Morgan fingerprint density at radius 3 is 2.95 bits per heavy atom. The highest BCUT2D eigenvalue weighted by Gasteiger charge is 2.10. The van der Waals surface area contributed by atoms with Crippen LogP contribution in [0.3, 0.4) is 0 Å². The Bertz CT molecular complexity index is 591. The lowest BCUT2D eigenvalue weighted by molar-refractivity contribution is 0.0665. The number of ether oxygens (including phenoxy) is 1. The third-order valence-electron chi connectivity index (χ3n) is 3.20. The second-order valence-electron chi connectivity index (χ2n) is 4.85. The Morgan fingerprint density at radius 1 is 1.45 bits per heavy atom. The Kier molecular flexibility index (Phi) is 4.76. The number of hydrogen-bond acceptors (Lipinski definition) is 4. The van der Waals surface area contributed by atoms with Crippen molar-refractivity contribution in [3.63, 3.8) is 0 Å². The predicted molar refractivity (Wildman–Crippen MR) is 76.0 cm³/mol. The SMILES string of the molecule is COCCC(C)NCc1ccc2oc(C(=O)O)cc2c1. The van der Waals surface area contributed by atoms with Crippen molar-refractivity contribution in [1.82, 2.24) is 5.32 Å². The quantitative estimate of drug-likeness (QED) is 0.814. The van der Waals surface area contributed by atoms with E-state index in [2.05, 4.69) is 12.2 Å². The molecule has 1 aromatic heterocycles. The molecule has 0 aliphatic carbocycles.